The fraction of sp³-hybridized carbons (Fsp3) is 0.350. The monoisotopic (exact) mass is 400 g/mol. The molecule has 0 spiro atoms. The van der Waals surface area contributed by atoms with E-state index >= 15 is 0 Å². The first kappa shape index (κ1) is 19.2. The van der Waals surface area contributed by atoms with Crippen molar-refractivity contribution < 1.29 is 13.2 Å². The van der Waals surface area contributed by atoms with Crippen LogP contribution >= 0.6 is 0 Å². The molecule has 0 saturated carbocycles. The fourth-order valence-electron chi connectivity index (χ4n) is 3.58. The maximum atomic E-state index is 13.6. The van der Waals surface area contributed by atoms with Gasteiger partial charge in [-0.3, -0.25) is 0 Å². The Kier molecular flexibility index (Phi) is 5.11. The van der Waals surface area contributed by atoms with E-state index in [0.717, 1.165) is 32.0 Å². The van der Waals surface area contributed by atoms with Crippen LogP contribution in [-0.2, 0) is 6.18 Å². The molecule has 0 amide bonds. The molecule has 0 aliphatic carbocycles. The minimum Gasteiger partial charge on any atom is -0.360 e. The molecule has 0 bridgehead atoms. The summed E-state index contributed by atoms with van der Waals surface area (Å²) in [5.41, 5.74) is 0.238. The van der Waals surface area contributed by atoms with E-state index in [0.29, 0.717) is 28.6 Å². The van der Waals surface area contributed by atoms with Gasteiger partial charge in [-0.15, -0.1) is 0 Å². The number of benzene rings is 1. The van der Waals surface area contributed by atoms with Crippen molar-refractivity contribution in [1.29, 1.82) is 5.26 Å². The van der Waals surface area contributed by atoms with Gasteiger partial charge < -0.3 is 15.6 Å². The normalized spacial score (nSPS) is 17.7. The Morgan fingerprint density at radius 2 is 2.10 bits per heavy atom. The summed E-state index contributed by atoms with van der Waals surface area (Å²) in [4.78, 5) is 11.1. The smallest absolute Gasteiger partial charge is 0.360 e. The molecule has 3 N–H and O–H groups in total. The Bertz CT molecular complexity index is 1060. The molecule has 1 aromatic carbocycles. The molecular formula is C20H19F3N6. The van der Waals surface area contributed by atoms with E-state index in [1.165, 1.54) is 6.20 Å². The second-order valence-electron chi connectivity index (χ2n) is 7.07. The Labute approximate surface area is 165 Å². The quantitative estimate of drug-likeness (QED) is 0.617. The summed E-state index contributed by atoms with van der Waals surface area (Å²) in [6, 6.07) is 6.88. The number of anilines is 1. The van der Waals surface area contributed by atoms with Crippen LogP contribution in [0.1, 0.15) is 30.4 Å². The average molecular weight is 400 g/mol. The van der Waals surface area contributed by atoms with Crippen LogP contribution < -0.4 is 10.6 Å². The van der Waals surface area contributed by atoms with E-state index < -0.39 is 11.7 Å². The van der Waals surface area contributed by atoms with Crippen molar-refractivity contribution >= 4 is 16.9 Å². The number of H-pyrrole nitrogens is 1. The molecule has 1 aliphatic rings. The number of nitrogens with one attached hydrogen (secondary N) is 3. The molecule has 1 fully saturated rings. The Morgan fingerprint density at radius 1 is 1.24 bits per heavy atom. The van der Waals surface area contributed by atoms with Gasteiger partial charge in [-0.25, -0.2) is 9.97 Å². The number of hydrogen-bond donors (Lipinski definition) is 3. The number of nitriles is 1. The highest BCUT2D eigenvalue weighted by atomic mass is 19.4. The third kappa shape index (κ3) is 4.03. The molecule has 1 aliphatic heterocycles. The summed E-state index contributed by atoms with van der Waals surface area (Å²) in [6.45, 7) is 1.64. The van der Waals surface area contributed by atoms with Crippen molar-refractivity contribution in [3.8, 4) is 17.3 Å². The second kappa shape index (κ2) is 7.72. The van der Waals surface area contributed by atoms with Gasteiger partial charge in [-0.2, -0.15) is 18.4 Å². The molecule has 1 saturated heterocycles. The number of aromatic nitrogens is 3. The van der Waals surface area contributed by atoms with Crippen LogP contribution in [0.4, 0.5) is 19.1 Å². The first-order chi connectivity index (χ1) is 14.0. The third-order valence-electron chi connectivity index (χ3n) is 5.04. The fourth-order valence-corrected chi connectivity index (χ4v) is 3.58. The summed E-state index contributed by atoms with van der Waals surface area (Å²) in [7, 11) is 0. The highest BCUT2D eigenvalue weighted by Crippen LogP contribution is 2.38. The zero-order valence-electron chi connectivity index (χ0n) is 15.5. The largest absolute Gasteiger partial charge is 0.419 e. The van der Waals surface area contributed by atoms with Crippen LogP contribution in [0.2, 0.25) is 0 Å². The number of aromatic amines is 1. The SMILES string of the molecule is N#Cc1ccc2c(-c3nc(NC4CCCCNC4)ncc3C(F)(F)F)c[nH]c2c1. The standard InChI is InChI=1S/C20H19F3N6/c21-20(22,23)16-11-27-19(28-13-3-1-2-6-25-9-13)29-18(16)15-10-26-17-7-12(8-24)4-5-14(15)17/h4-5,7,10-11,13,25-26H,1-3,6,9H2,(H,27,28,29). The topological polar surface area (TPSA) is 89.4 Å². The molecule has 1 unspecified atom stereocenters. The summed E-state index contributed by atoms with van der Waals surface area (Å²) < 4.78 is 40.9. The lowest BCUT2D eigenvalue weighted by molar-refractivity contribution is -0.137. The van der Waals surface area contributed by atoms with E-state index in [2.05, 4.69) is 25.6 Å². The number of nitrogens with zero attached hydrogens (tertiary/aromatic N) is 3. The number of halogens is 3. The summed E-state index contributed by atoms with van der Waals surface area (Å²) in [5, 5.41) is 16.1. The van der Waals surface area contributed by atoms with Gasteiger partial charge in [0.15, 0.2) is 0 Å². The molecule has 29 heavy (non-hydrogen) atoms. The minimum absolute atomic E-state index is 0.0586. The Balaban J connectivity index is 1.77. The second-order valence-corrected chi connectivity index (χ2v) is 7.07. The predicted molar refractivity (Wildman–Crippen MR) is 103 cm³/mol. The van der Waals surface area contributed by atoms with Gasteiger partial charge in [0.1, 0.15) is 5.56 Å². The van der Waals surface area contributed by atoms with Gasteiger partial charge in [0.25, 0.3) is 0 Å². The highest BCUT2D eigenvalue weighted by Gasteiger charge is 2.36. The van der Waals surface area contributed by atoms with E-state index in [4.69, 9.17) is 5.26 Å². The van der Waals surface area contributed by atoms with Crippen molar-refractivity contribution in [3.63, 3.8) is 0 Å². The van der Waals surface area contributed by atoms with Crippen molar-refractivity contribution in [3.05, 3.63) is 41.7 Å². The van der Waals surface area contributed by atoms with E-state index in [-0.39, 0.29) is 17.7 Å². The molecule has 4 rings (SSSR count). The van der Waals surface area contributed by atoms with E-state index in [9.17, 15) is 13.2 Å². The third-order valence-corrected chi connectivity index (χ3v) is 5.04. The highest BCUT2D eigenvalue weighted by molar-refractivity contribution is 5.96. The van der Waals surface area contributed by atoms with Gasteiger partial charge in [0, 0.05) is 41.4 Å². The van der Waals surface area contributed by atoms with Gasteiger partial charge in [0.2, 0.25) is 5.95 Å². The molecular weight excluding hydrogens is 381 g/mol. The molecule has 9 heteroatoms. The Hall–Kier alpha value is -3.12. The van der Waals surface area contributed by atoms with Crippen molar-refractivity contribution in [2.75, 3.05) is 18.4 Å². The molecule has 3 aromatic rings. The summed E-state index contributed by atoms with van der Waals surface area (Å²) in [5.74, 6) is 0.171. The van der Waals surface area contributed by atoms with Crippen molar-refractivity contribution in [2.45, 2.75) is 31.5 Å². The van der Waals surface area contributed by atoms with Crippen molar-refractivity contribution in [1.82, 2.24) is 20.3 Å². The molecule has 0 radical (unpaired) electrons. The van der Waals surface area contributed by atoms with Gasteiger partial charge in [-0.1, -0.05) is 12.5 Å². The molecule has 1 atom stereocenters. The zero-order chi connectivity index (χ0) is 20.4. The van der Waals surface area contributed by atoms with Gasteiger partial charge >= 0.3 is 6.18 Å². The zero-order valence-corrected chi connectivity index (χ0v) is 15.5. The summed E-state index contributed by atoms with van der Waals surface area (Å²) >= 11 is 0. The maximum Gasteiger partial charge on any atom is 0.419 e. The van der Waals surface area contributed by atoms with Crippen molar-refractivity contribution in [2.24, 2.45) is 0 Å². The minimum atomic E-state index is -4.59. The lowest BCUT2D eigenvalue weighted by Gasteiger charge is -2.18. The first-order valence-electron chi connectivity index (χ1n) is 9.39. The van der Waals surface area contributed by atoms with Crippen LogP contribution in [0.15, 0.2) is 30.6 Å². The number of alkyl halides is 3. The molecule has 3 heterocycles. The van der Waals surface area contributed by atoms with E-state index in [1.54, 1.807) is 18.2 Å². The van der Waals surface area contributed by atoms with Crippen LogP contribution in [0.5, 0.6) is 0 Å². The molecule has 2 aromatic heterocycles. The summed E-state index contributed by atoms with van der Waals surface area (Å²) in [6.07, 6.45) is 0.724. The molecule has 6 nitrogen and oxygen atoms in total. The lowest BCUT2D eigenvalue weighted by Crippen LogP contribution is -2.31. The predicted octanol–water partition coefficient (Wildman–Crippen LogP) is 4.07. The van der Waals surface area contributed by atoms with Crippen LogP contribution in [-0.4, -0.2) is 34.1 Å². The maximum absolute atomic E-state index is 13.6. The van der Waals surface area contributed by atoms with Gasteiger partial charge in [0.05, 0.1) is 17.3 Å². The van der Waals surface area contributed by atoms with Gasteiger partial charge in [-0.05, 0) is 31.5 Å². The number of rotatable bonds is 3. The van der Waals surface area contributed by atoms with E-state index in [1.807, 2.05) is 6.07 Å². The van der Waals surface area contributed by atoms with Crippen LogP contribution in [0.25, 0.3) is 22.2 Å². The average Bonchev–Trinajstić information content (AvgIpc) is 2.95. The van der Waals surface area contributed by atoms with Crippen LogP contribution in [0.3, 0.4) is 0 Å². The lowest BCUT2D eigenvalue weighted by atomic mass is 10.0. The van der Waals surface area contributed by atoms with Crippen LogP contribution in [0, 0.1) is 11.3 Å². The Morgan fingerprint density at radius 3 is 2.90 bits per heavy atom. The molecule has 150 valence electrons. The number of fused-ring (bicyclic) bond motifs is 1. The first-order valence-corrected chi connectivity index (χ1v) is 9.39. The number of hydrogen-bond acceptors (Lipinski definition) is 5.